The van der Waals surface area contributed by atoms with Gasteiger partial charge in [0.25, 0.3) is 0 Å². The number of halogens is 2. The zero-order chi connectivity index (χ0) is 13.9. The minimum Gasteiger partial charge on any atom is -0.480 e. The molecule has 0 aliphatic rings. The van der Waals surface area contributed by atoms with Crippen molar-refractivity contribution in [2.24, 2.45) is 5.92 Å². The maximum absolute atomic E-state index is 13.4. The van der Waals surface area contributed by atoms with Crippen LogP contribution in [0.25, 0.3) is 0 Å². The van der Waals surface area contributed by atoms with Gasteiger partial charge in [0.2, 0.25) is 0 Å². The van der Waals surface area contributed by atoms with Gasteiger partial charge < -0.3 is 5.11 Å². The molecule has 0 amide bonds. The predicted octanol–water partition coefficient (Wildman–Crippen LogP) is 2.32. The van der Waals surface area contributed by atoms with Crippen molar-refractivity contribution in [2.75, 3.05) is 0 Å². The van der Waals surface area contributed by atoms with E-state index in [0.717, 1.165) is 6.07 Å². The lowest BCUT2D eigenvalue weighted by Gasteiger charge is -2.15. The molecule has 0 saturated carbocycles. The fourth-order valence-electron chi connectivity index (χ4n) is 1.60. The van der Waals surface area contributed by atoms with Crippen molar-refractivity contribution in [1.82, 2.24) is 0 Å². The minimum atomic E-state index is -1.79. The summed E-state index contributed by atoms with van der Waals surface area (Å²) >= 11 is 0. The van der Waals surface area contributed by atoms with Crippen LogP contribution in [-0.2, 0) is 21.3 Å². The smallest absolute Gasteiger partial charge is 0.319 e. The Labute approximate surface area is 106 Å². The van der Waals surface area contributed by atoms with E-state index in [9.17, 15) is 17.8 Å². The van der Waals surface area contributed by atoms with Gasteiger partial charge in [-0.15, -0.1) is 0 Å². The second-order valence-electron chi connectivity index (χ2n) is 4.24. The Hall–Kier alpha value is -1.30. The molecule has 0 aromatic heterocycles. The Morgan fingerprint density at radius 3 is 2.50 bits per heavy atom. The number of rotatable bonds is 5. The molecule has 0 aliphatic heterocycles. The van der Waals surface area contributed by atoms with E-state index in [0.29, 0.717) is 0 Å². The number of aliphatic carboxylic acids is 1. The first kappa shape index (κ1) is 14.8. The summed E-state index contributed by atoms with van der Waals surface area (Å²) in [6.45, 7) is 3.25. The Kier molecular flexibility index (Phi) is 4.95. The molecule has 1 rings (SSSR count). The third-order valence-electron chi connectivity index (χ3n) is 2.46. The van der Waals surface area contributed by atoms with E-state index in [4.69, 9.17) is 5.11 Å². The average Bonchev–Trinajstić information content (AvgIpc) is 2.23. The molecular formula is C12H14F2O3S. The van der Waals surface area contributed by atoms with Crippen molar-refractivity contribution < 1.29 is 22.9 Å². The van der Waals surface area contributed by atoms with Gasteiger partial charge in [-0.3, -0.25) is 9.00 Å². The van der Waals surface area contributed by atoms with Gasteiger partial charge in [0.1, 0.15) is 5.25 Å². The lowest BCUT2D eigenvalue weighted by molar-refractivity contribution is -0.137. The highest BCUT2D eigenvalue weighted by Crippen LogP contribution is 2.18. The molecule has 3 nitrogen and oxygen atoms in total. The first-order chi connectivity index (χ1) is 8.34. The fraction of sp³-hybridized carbons (Fsp3) is 0.417. The SMILES string of the molecule is CC(C)C(C(=O)O)S(=O)Cc1cccc(F)c1F. The van der Waals surface area contributed by atoms with E-state index in [-0.39, 0.29) is 17.2 Å². The van der Waals surface area contributed by atoms with Crippen molar-refractivity contribution in [3.8, 4) is 0 Å². The van der Waals surface area contributed by atoms with Gasteiger partial charge >= 0.3 is 5.97 Å². The van der Waals surface area contributed by atoms with E-state index in [1.165, 1.54) is 12.1 Å². The number of hydrogen-bond donors (Lipinski definition) is 1. The molecule has 0 saturated heterocycles. The Morgan fingerprint density at radius 1 is 1.39 bits per heavy atom. The van der Waals surface area contributed by atoms with Crippen LogP contribution >= 0.6 is 0 Å². The number of hydrogen-bond acceptors (Lipinski definition) is 2. The Balaban J connectivity index is 2.93. The molecular weight excluding hydrogens is 262 g/mol. The number of carbonyl (C=O) groups is 1. The van der Waals surface area contributed by atoms with E-state index in [2.05, 4.69) is 0 Å². The van der Waals surface area contributed by atoms with Crippen molar-refractivity contribution >= 4 is 16.8 Å². The predicted molar refractivity (Wildman–Crippen MR) is 64.5 cm³/mol. The summed E-state index contributed by atoms with van der Waals surface area (Å²) in [6, 6.07) is 3.56. The topological polar surface area (TPSA) is 54.4 Å². The molecule has 0 spiro atoms. The van der Waals surface area contributed by atoms with Crippen LogP contribution in [0.2, 0.25) is 0 Å². The highest BCUT2D eigenvalue weighted by molar-refractivity contribution is 7.85. The fourth-order valence-corrected chi connectivity index (χ4v) is 3.15. The maximum atomic E-state index is 13.4. The van der Waals surface area contributed by atoms with Gasteiger partial charge in [0.05, 0.1) is 5.75 Å². The van der Waals surface area contributed by atoms with Crippen molar-refractivity contribution in [3.63, 3.8) is 0 Å². The van der Waals surface area contributed by atoms with Crippen LogP contribution in [0.4, 0.5) is 8.78 Å². The molecule has 1 N–H and O–H groups in total. The van der Waals surface area contributed by atoms with Crippen molar-refractivity contribution in [3.05, 3.63) is 35.4 Å². The zero-order valence-corrected chi connectivity index (χ0v) is 10.8. The first-order valence-corrected chi connectivity index (χ1v) is 6.75. The molecule has 6 heteroatoms. The maximum Gasteiger partial charge on any atom is 0.319 e. The molecule has 1 aromatic carbocycles. The van der Waals surface area contributed by atoms with Gasteiger partial charge in [-0.1, -0.05) is 26.0 Å². The average molecular weight is 276 g/mol. The lowest BCUT2D eigenvalue weighted by Crippen LogP contribution is -2.31. The molecule has 0 bridgehead atoms. The van der Waals surface area contributed by atoms with Gasteiger partial charge in [-0.25, -0.2) is 8.78 Å². The van der Waals surface area contributed by atoms with Crippen LogP contribution in [-0.4, -0.2) is 20.5 Å². The van der Waals surface area contributed by atoms with Gasteiger partial charge in [-0.05, 0) is 12.0 Å². The summed E-state index contributed by atoms with van der Waals surface area (Å²) < 4.78 is 38.2. The highest BCUT2D eigenvalue weighted by Gasteiger charge is 2.28. The van der Waals surface area contributed by atoms with Crippen molar-refractivity contribution in [2.45, 2.75) is 24.9 Å². The summed E-state index contributed by atoms with van der Waals surface area (Å²) in [6.07, 6.45) is 0. The second kappa shape index (κ2) is 6.04. The Bertz CT molecular complexity index is 474. The molecule has 100 valence electrons. The van der Waals surface area contributed by atoms with E-state index in [1.54, 1.807) is 13.8 Å². The highest BCUT2D eigenvalue weighted by atomic mass is 32.2. The second-order valence-corrected chi connectivity index (χ2v) is 5.80. The van der Waals surface area contributed by atoms with Crippen LogP contribution in [0.5, 0.6) is 0 Å². The minimum absolute atomic E-state index is 0.0692. The number of benzene rings is 1. The third-order valence-corrected chi connectivity index (χ3v) is 4.37. The van der Waals surface area contributed by atoms with Crippen LogP contribution in [0.1, 0.15) is 19.4 Å². The van der Waals surface area contributed by atoms with E-state index >= 15 is 0 Å². The van der Waals surface area contributed by atoms with Gasteiger partial charge in [0.15, 0.2) is 11.6 Å². The van der Waals surface area contributed by atoms with Gasteiger partial charge in [-0.2, -0.15) is 0 Å². The van der Waals surface area contributed by atoms with Crippen LogP contribution < -0.4 is 0 Å². The van der Waals surface area contributed by atoms with Crippen LogP contribution in [0.15, 0.2) is 18.2 Å². The molecule has 0 radical (unpaired) electrons. The molecule has 2 atom stereocenters. The molecule has 0 fully saturated rings. The lowest BCUT2D eigenvalue weighted by atomic mass is 10.1. The standard InChI is InChI=1S/C12H14F2O3S/c1-7(2)11(12(15)16)18(17)6-8-4-3-5-9(13)10(8)14/h3-5,7,11H,6H2,1-2H3,(H,15,16). The van der Waals surface area contributed by atoms with Crippen molar-refractivity contribution in [1.29, 1.82) is 0 Å². The molecule has 1 aromatic rings. The quantitative estimate of drug-likeness (QED) is 0.898. The van der Waals surface area contributed by atoms with Crippen LogP contribution in [0, 0.1) is 17.6 Å². The number of carboxylic acid groups (broad SMARTS) is 1. The molecule has 2 unspecified atom stereocenters. The Morgan fingerprint density at radius 2 is 2.00 bits per heavy atom. The zero-order valence-electron chi connectivity index (χ0n) is 10.0. The summed E-state index contributed by atoms with van der Waals surface area (Å²) in [4.78, 5) is 11.0. The first-order valence-electron chi connectivity index (χ1n) is 5.37. The third kappa shape index (κ3) is 3.35. The molecule has 18 heavy (non-hydrogen) atoms. The summed E-state index contributed by atoms with van der Waals surface area (Å²) in [5.74, 6) is -3.95. The number of carboxylic acids is 1. The molecule has 0 heterocycles. The van der Waals surface area contributed by atoms with E-state index < -0.39 is 33.7 Å². The summed E-state index contributed by atoms with van der Waals surface area (Å²) in [5, 5.41) is 7.86. The summed E-state index contributed by atoms with van der Waals surface area (Å²) in [5.41, 5.74) is -0.0692. The largest absolute Gasteiger partial charge is 0.480 e. The van der Waals surface area contributed by atoms with E-state index in [1.807, 2.05) is 0 Å². The monoisotopic (exact) mass is 276 g/mol. The molecule has 0 aliphatic carbocycles. The normalized spacial score (nSPS) is 14.5. The van der Waals surface area contributed by atoms with Crippen LogP contribution in [0.3, 0.4) is 0 Å². The summed E-state index contributed by atoms with van der Waals surface area (Å²) in [7, 11) is -1.79. The van der Waals surface area contributed by atoms with Gasteiger partial charge in [0, 0.05) is 16.4 Å².